The standard InChI is InChI=1S/C12H23N3O/c1-4-8-15-10-11(2)14-12(15)13-7-5-6-9-16-3/h10H,4-9H2,1-3H3,(H,13,14). The number of nitrogens with zero attached hydrogens (tertiary/aromatic N) is 2. The van der Waals surface area contributed by atoms with Crippen LogP contribution in [0.4, 0.5) is 5.95 Å². The van der Waals surface area contributed by atoms with Crippen LogP contribution in [0.2, 0.25) is 0 Å². The highest BCUT2D eigenvalue weighted by Crippen LogP contribution is 2.09. The van der Waals surface area contributed by atoms with E-state index in [1.54, 1.807) is 7.11 Å². The number of hydrogen-bond donors (Lipinski definition) is 1. The van der Waals surface area contributed by atoms with Crippen molar-refractivity contribution in [3.63, 3.8) is 0 Å². The lowest BCUT2D eigenvalue weighted by molar-refractivity contribution is 0.193. The average molecular weight is 225 g/mol. The Morgan fingerprint density at radius 3 is 2.94 bits per heavy atom. The Morgan fingerprint density at radius 1 is 1.44 bits per heavy atom. The van der Waals surface area contributed by atoms with Gasteiger partial charge in [-0.3, -0.25) is 0 Å². The number of nitrogens with one attached hydrogen (secondary N) is 1. The summed E-state index contributed by atoms with van der Waals surface area (Å²) in [6.45, 7) is 7.04. The summed E-state index contributed by atoms with van der Waals surface area (Å²) in [6, 6.07) is 0. The van der Waals surface area contributed by atoms with Crippen molar-refractivity contribution in [1.29, 1.82) is 0 Å². The molecule has 0 amide bonds. The van der Waals surface area contributed by atoms with Gasteiger partial charge in [0, 0.05) is 33.0 Å². The third-order valence-corrected chi connectivity index (χ3v) is 2.42. The van der Waals surface area contributed by atoms with Gasteiger partial charge in [0.1, 0.15) is 0 Å². The number of unbranched alkanes of at least 4 members (excludes halogenated alkanes) is 1. The second-order valence-electron chi connectivity index (χ2n) is 4.03. The molecular formula is C12H23N3O. The van der Waals surface area contributed by atoms with Crippen molar-refractivity contribution >= 4 is 5.95 Å². The van der Waals surface area contributed by atoms with Gasteiger partial charge in [0.15, 0.2) is 0 Å². The maximum atomic E-state index is 5.01. The van der Waals surface area contributed by atoms with Crippen LogP contribution in [0.1, 0.15) is 31.9 Å². The first-order valence-corrected chi connectivity index (χ1v) is 6.04. The molecule has 16 heavy (non-hydrogen) atoms. The van der Waals surface area contributed by atoms with E-state index in [0.29, 0.717) is 0 Å². The number of aryl methyl sites for hydroxylation is 2. The molecular weight excluding hydrogens is 202 g/mol. The molecule has 0 aromatic carbocycles. The number of ether oxygens (including phenoxy) is 1. The second kappa shape index (κ2) is 7.28. The first-order chi connectivity index (χ1) is 7.77. The third kappa shape index (κ3) is 4.23. The van der Waals surface area contributed by atoms with Gasteiger partial charge in [0.2, 0.25) is 5.95 Å². The molecule has 0 saturated carbocycles. The third-order valence-electron chi connectivity index (χ3n) is 2.42. The molecule has 0 radical (unpaired) electrons. The molecule has 92 valence electrons. The van der Waals surface area contributed by atoms with E-state index in [-0.39, 0.29) is 0 Å². The van der Waals surface area contributed by atoms with Gasteiger partial charge in [0.05, 0.1) is 5.69 Å². The summed E-state index contributed by atoms with van der Waals surface area (Å²) in [5, 5.41) is 3.37. The number of aromatic nitrogens is 2. The number of hydrogen-bond acceptors (Lipinski definition) is 3. The molecule has 0 aliphatic rings. The Morgan fingerprint density at radius 2 is 2.25 bits per heavy atom. The van der Waals surface area contributed by atoms with E-state index >= 15 is 0 Å². The summed E-state index contributed by atoms with van der Waals surface area (Å²) in [5.74, 6) is 0.997. The quantitative estimate of drug-likeness (QED) is 0.691. The van der Waals surface area contributed by atoms with Gasteiger partial charge in [-0.05, 0) is 26.2 Å². The molecule has 0 bridgehead atoms. The van der Waals surface area contributed by atoms with Gasteiger partial charge in [0.25, 0.3) is 0 Å². The van der Waals surface area contributed by atoms with E-state index in [4.69, 9.17) is 4.74 Å². The zero-order valence-corrected chi connectivity index (χ0v) is 10.6. The number of imidazole rings is 1. The second-order valence-corrected chi connectivity index (χ2v) is 4.03. The predicted molar refractivity (Wildman–Crippen MR) is 66.9 cm³/mol. The highest BCUT2D eigenvalue weighted by Gasteiger charge is 2.03. The van der Waals surface area contributed by atoms with Crippen LogP contribution in [0.25, 0.3) is 0 Å². The summed E-state index contributed by atoms with van der Waals surface area (Å²) < 4.78 is 7.20. The van der Waals surface area contributed by atoms with E-state index < -0.39 is 0 Å². The molecule has 1 aromatic heterocycles. The normalized spacial score (nSPS) is 10.7. The van der Waals surface area contributed by atoms with Gasteiger partial charge >= 0.3 is 0 Å². The van der Waals surface area contributed by atoms with Crippen molar-refractivity contribution in [2.45, 2.75) is 39.7 Å². The fraction of sp³-hybridized carbons (Fsp3) is 0.750. The van der Waals surface area contributed by atoms with Crippen LogP contribution in [0.5, 0.6) is 0 Å². The summed E-state index contributed by atoms with van der Waals surface area (Å²) in [4.78, 5) is 4.47. The highest BCUT2D eigenvalue weighted by molar-refractivity contribution is 5.28. The van der Waals surface area contributed by atoms with Crippen LogP contribution in [-0.4, -0.2) is 29.8 Å². The molecule has 0 aliphatic carbocycles. The number of rotatable bonds is 8. The molecule has 0 spiro atoms. The molecule has 0 saturated heterocycles. The molecule has 1 rings (SSSR count). The molecule has 0 unspecified atom stereocenters. The zero-order chi connectivity index (χ0) is 11.8. The fourth-order valence-electron chi connectivity index (χ4n) is 1.67. The lowest BCUT2D eigenvalue weighted by Gasteiger charge is -2.08. The largest absolute Gasteiger partial charge is 0.385 e. The van der Waals surface area contributed by atoms with Crippen molar-refractivity contribution < 1.29 is 4.74 Å². The SMILES string of the molecule is CCCn1cc(C)nc1NCCCCOC. The van der Waals surface area contributed by atoms with E-state index in [9.17, 15) is 0 Å². The fourth-order valence-corrected chi connectivity index (χ4v) is 1.67. The minimum absolute atomic E-state index is 0.837. The Kier molecular flexibility index (Phi) is 5.93. The smallest absolute Gasteiger partial charge is 0.203 e. The topological polar surface area (TPSA) is 39.1 Å². The Balaban J connectivity index is 2.34. The molecule has 0 fully saturated rings. The lowest BCUT2D eigenvalue weighted by atomic mass is 10.3. The predicted octanol–water partition coefficient (Wildman–Crippen LogP) is 2.44. The Hall–Kier alpha value is -1.03. The van der Waals surface area contributed by atoms with Crippen LogP contribution in [0, 0.1) is 6.92 Å². The minimum atomic E-state index is 0.837. The van der Waals surface area contributed by atoms with Crippen LogP contribution >= 0.6 is 0 Å². The van der Waals surface area contributed by atoms with Crippen LogP contribution in [0.3, 0.4) is 0 Å². The Labute approximate surface area is 98.0 Å². The van der Waals surface area contributed by atoms with Gasteiger partial charge in [-0.1, -0.05) is 6.92 Å². The van der Waals surface area contributed by atoms with Crippen molar-refractivity contribution in [2.24, 2.45) is 0 Å². The van der Waals surface area contributed by atoms with Crippen LogP contribution in [-0.2, 0) is 11.3 Å². The van der Waals surface area contributed by atoms with Crippen molar-refractivity contribution in [3.8, 4) is 0 Å². The van der Waals surface area contributed by atoms with Crippen molar-refractivity contribution in [3.05, 3.63) is 11.9 Å². The molecule has 4 nitrogen and oxygen atoms in total. The van der Waals surface area contributed by atoms with Crippen molar-refractivity contribution in [2.75, 3.05) is 25.6 Å². The van der Waals surface area contributed by atoms with Gasteiger partial charge in [-0.15, -0.1) is 0 Å². The molecule has 4 heteroatoms. The maximum Gasteiger partial charge on any atom is 0.203 e. The average Bonchev–Trinajstić information content (AvgIpc) is 2.59. The molecule has 1 N–H and O–H groups in total. The maximum absolute atomic E-state index is 5.01. The van der Waals surface area contributed by atoms with E-state index in [1.165, 1.54) is 0 Å². The van der Waals surface area contributed by atoms with Gasteiger partial charge in [-0.25, -0.2) is 4.98 Å². The minimum Gasteiger partial charge on any atom is -0.385 e. The van der Waals surface area contributed by atoms with Gasteiger partial charge in [-0.2, -0.15) is 0 Å². The summed E-state index contributed by atoms with van der Waals surface area (Å²) >= 11 is 0. The molecule has 1 heterocycles. The number of anilines is 1. The van der Waals surface area contributed by atoms with Crippen LogP contribution in [0.15, 0.2) is 6.20 Å². The zero-order valence-electron chi connectivity index (χ0n) is 10.6. The van der Waals surface area contributed by atoms with Gasteiger partial charge < -0.3 is 14.6 Å². The molecule has 0 aliphatic heterocycles. The first-order valence-electron chi connectivity index (χ1n) is 6.04. The lowest BCUT2D eigenvalue weighted by Crippen LogP contribution is -2.09. The summed E-state index contributed by atoms with van der Waals surface area (Å²) in [7, 11) is 1.74. The first kappa shape index (κ1) is 13.0. The molecule has 1 aromatic rings. The summed E-state index contributed by atoms with van der Waals surface area (Å²) in [6.07, 6.45) is 5.44. The highest BCUT2D eigenvalue weighted by atomic mass is 16.5. The van der Waals surface area contributed by atoms with Crippen LogP contribution < -0.4 is 5.32 Å². The monoisotopic (exact) mass is 225 g/mol. The summed E-state index contributed by atoms with van der Waals surface area (Å²) in [5.41, 5.74) is 1.08. The molecule has 0 atom stereocenters. The van der Waals surface area contributed by atoms with E-state index in [1.807, 2.05) is 6.92 Å². The van der Waals surface area contributed by atoms with E-state index in [0.717, 1.165) is 50.6 Å². The van der Waals surface area contributed by atoms with E-state index in [2.05, 4.69) is 28.0 Å². The Bertz CT molecular complexity index is 296. The van der Waals surface area contributed by atoms with Crippen molar-refractivity contribution in [1.82, 2.24) is 9.55 Å². The number of methoxy groups -OCH3 is 1.